The lowest BCUT2D eigenvalue weighted by atomic mass is 10.0. The molecule has 0 bridgehead atoms. The highest BCUT2D eigenvalue weighted by atomic mass is 35.5. The molecule has 1 heterocycles. The summed E-state index contributed by atoms with van der Waals surface area (Å²) in [4.78, 5) is 16.5. The minimum absolute atomic E-state index is 0. The van der Waals surface area contributed by atoms with Crippen molar-refractivity contribution in [3.63, 3.8) is 0 Å². The lowest BCUT2D eigenvalue weighted by Crippen LogP contribution is -2.34. The van der Waals surface area contributed by atoms with Crippen molar-refractivity contribution < 1.29 is 9.53 Å². The lowest BCUT2D eigenvalue weighted by molar-refractivity contribution is -0.119. The summed E-state index contributed by atoms with van der Waals surface area (Å²) in [6.45, 7) is 5.63. The average Bonchev–Trinajstić information content (AvgIpc) is 2.94. The van der Waals surface area contributed by atoms with E-state index < -0.39 is 0 Å². The minimum atomic E-state index is -0.263. The molecule has 0 saturated carbocycles. The first-order valence-corrected chi connectivity index (χ1v) is 7.97. The van der Waals surface area contributed by atoms with E-state index in [-0.39, 0.29) is 30.3 Å². The Bertz CT molecular complexity index is 673. The van der Waals surface area contributed by atoms with Crippen LogP contribution in [0.1, 0.15) is 19.4 Å². The first-order valence-electron chi connectivity index (χ1n) is 7.09. The van der Waals surface area contributed by atoms with Crippen LogP contribution < -0.4 is 15.8 Å². The van der Waals surface area contributed by atoms with Gasteiger partial charge in [-0.05, 0) is 26.0 Å². The van der Waals surface area contributed by atoms with Crippen LogP contribution in [0.15, 0.2) is 23.6 Å². The molecular formula is C16H22ClN3O2S. The largest absolute Gasteiger partial charge is 0.496 e. The Morgan fingerprint density at radius 1 is 1.39 bits per heavy atom. The highest BCUT2D eigenvalue weighted by molar-refractivity contribution is 7.14. The molecule has 0 aliphatic heterocycles. The van der Waals surface area contributed by atoms with Crippen LogP contribution >= 0.6 is 23.7 Å². The monoisotopic (exact) mass is 355 g/mol. The van der Waals surface area contributed by atoms with Crippen molar-refractivity contribution in [3.8, 4) is 17.0 Å². The van der Waals surface area contributed by atoms with Crippen molar-refractivity contribution in [3.05, 3.63) is 29.1 Å². The molecular weight excluding hydrogens is 334 g/mol. The maximum absolute atomic E-state index is 12.0. The predicted octanol–water partition coefficient (Wildman–Crippen LogP) is 3.47. The van der Waals surface area contributed by atoms with E-state index >= 15 is 0 Å². The first kappa shape index (κ1) is 19.4. The number of aromatic nitrogens is 1. The normalized spacial score (nSPS) is 12.9. The van der Waals surface area contributed by atoms with Gasteiger partial charge in [0.05, 0.1) is 18.7 Å². The highest BCUT2D eigenvalue weighted by Gasteiger charge is 2.19. The van der Waals surface area contributed by atoms with Gasteiger partial charge in [-0.3, -0.25) is 4.79 Å². The Hall–Kier alpha value is -1.63. The third kappa shape index (κ3) is 4.67. The number of methoxy groups -OCH3 is 1. The lowest BCUT2D eigenvalue weighted by Gasteiger charge is -2.13. The molecule has 1 amide bonds. The fourth-order valence-electron chi connectivity index (χ4n) is 1.93. The molecule has 1 aromatic heterocycles. The molecule has 23 heavy (non-hydrogen) atoms. The Balaban J connectivity index is 0.00000264. The van der Waals surface area contributed by atoms with Crippen molar-refractivity contribution in [2.45, 2.75) is 26.8 Å². The standard InChI is InChI=1S/C16H21N3O2S.ClH/c1-9-5-6-14(21-4)12(7-9)13-8-22-16(18-13)19-15(20)10(2)11(3)17;/h5-8,10-11H,17H2,1-4H3,(H,18,19,20);1H. The maximum atomic E-state index is 12.0. The van der Waals surface area contributed by atoms with E-state index in [1.54, 1.807) is 14.0 Å². The van der Waals surface area contributed by atoms with Crippen LogP contribution in [0.5, 0.6) is 5.75 Å². The number of ether oxygens (including phenoxy) is 1. The van der Waals surface area contributed by atoms with Gasteiger partial charge < -0.3 is 15.8 Å². The molecule has 0 saturated heterocycles. The van der Waals surface area contributed by atoms with Crippen LogP contribution in [0.4, 0.5) is 5.13 Å². The summed E-state index contributed by atoms with van der Waals surface area (Å²) in [7, 11) is 1.63. The molecule has 7 heteroatoms. The van der Waals surface area contributed by atoms with E-state index in [0.29, 0.717) is 5.13 Å². The Kier molecular flexibility index (Phi) is 7.00. The summed E-state index contributed by atoms with van der Waals surface area (Å²) < 4.78 is 5.38. The van der Waals surface area contributed by atoms with Gasteiger partial charge in [-0.1, -0.05) is 18.6 Å². The van der Waals surface area contributed by atoms with E-state index in [1.165, 1.54) is 11.3 Å². The van der Waals surface area contributed by atoms with E-state index in [2.05, 4.69) is 10.3 Å². The van der Waals surface area contributed by atoms with Gasteiger partial charge in [0.2, 0.25) is 5.91 Å². The molecule has 5 nitrogen and oxygen atoms in total. The molecule has 3 N–H and O–H groups in total. The van der Waals surface area contributed by atoms with E-state index in [1.807, 2.05) is 37.4 Å². The molecule has 0 fully saturated rings. The number of carbonyl (C=O) groups excluding carboxylic acids is 1. The number of thiazole rings is 1. The summed E-state index contributed by atoms with van der Waals surface area (Å²) in [6, 6.07) is 5.72. The van der Waals surface area contributed by atoms with Crippen LogP contribution in [0.2, 0.25) is 0 Å². The smallest absolute Gasteiger partial charge is 0.230 e. The second kappa shape index (κ2) is 8.29. The Labute approximate surface area is 146 Å². The molecule has 1 aromatic carbocycles. The molecule has 126 valence electrons. The zero-order chi connectivity index (χ0) is 16.3. The highest BCUT2D eigenvalue weighted by Crippen LogP contribution is 2.33. The second-order valence-electron chi connectivity index (χ2n) is 5.38. The number of aryl methyl sites for hydroxylation is 1. The second-order valence-corrected chi connectivity index (χ2v) is 6.24. The van der Waals surface area contributed by atoms with Gasteiger partial charge in [-0.2, -0.15) is 0 Å². The van der Waals surface area contributed by atoms with E-state index in [0.717, 1.165) is 22.6 Å². The number of hydrogen-bond donors (Lipinski definition) is 2. The number of anilines is 1. The molecule has 2 atom stereocenters. The van der Waals surface area contributed by atoms with Crippen LogP contribution in [-0.4, -0.2) is 24.0 Å². The predicted molar refractivity (Wildman–Crippen MR) is 97.5 cm³/mol. The minimum Gasteiger partial charge on any atom is -0.496 e. The van der Waals surface area contributed by atoms with Crippen LogP contribution in [0, 0.1) is 12.8 Å². The third-order valence-corrected chi connectivity index (χ3v) is 4.33. The quantitative estimate of drug-likeness (QED) is 0.860. The van der Waals surface area contributed by atoms with Crippen LogP contribution in [-0.2, 0) is 4.79 Å². The first-order chi connectivity index (χ1) is 10.4. The fraction of sp³-hybridized carbons (Fsp3) is 0.375. The summed E-state index contributed by atoms with van der Waals surface area (Å²) in [5.41, 5.74) is 8.57. The summed E-state index contributed by atoms with van der Waals surface area (Å²) in [5, 5.41) is 5.28. The number of rotatable bonds is 5. The van der Waals surface area contributed by atoms with E-state index in [4.69, 9.17) is 10.5 Å². The molecule has 2 unspecified atom stereocenters. The topological polar surface area (TPSA) is 77.2 Å². The Morgan fingerprint density at radius 2 is 2.09 bits per heavy atom. The number of halogens is 1. The maximum Gasteiger partial charge on any atom is 0.230 e. The number of benzene rings is 1. The summed E-state index contributed by atoms with van der Waals surface area (Å²) >= 11 is 1.39. The summed E-state index contributed by atoms with van der Waals surface area (Å²) in [6.07, 6.45) is 0. The molecule has 2 aromatic rings. The zero-order valence-corrected chi connectivity index (χ0v) is 15.3. The number of amides is 1. The van der Waals surface area contributed by atoms with Crippen LogP contribution in [0.3, 0.4) is 0 Å². The van der Waals surface area contributed by atoms with Gasteiger partial charge in [0, 0.05) is 17.0 Å². The molecule has 0 radical (unpaired) electrons. The Morgan fingerprint density at radius 3 is 2.70 bits per heavy atom. The molecule has 0 aliphatic carbocycles. The molecule has 0 aliphatic rings. The number of hydrogen-bond acceptors (Lipinski definition) is 5. The van der Waals surface area contributed by atoms with Crippen molar-refractivity contribution in [1.29, 1.82) is 0 Å². The zero-order valence-electron chi connectivity index (χ0n) is 13.6. The van der Waals surface area contributed by atoms with E-state index in [9.17, 15) is 4.79 Å². The third-order valence-electron chi connectivity index (χ3n) is 3.57. The van der Waals surface area contributed by atoms with Gasteiger partial charge in [-0.15, -0.1) is 23.7 Å². The summed E-state index contributed by atoms with van der Waals surface area (Å²) in [5.74, 6) is 0.380. The van der Waals surface area contributed by atoms with Gasteiger partial charge in [0.15, 0.2) is 5.13 Å². The molecule has 2 rings (SSSR count). The number of nitrogens with one attached hydrogen (secondary N) is 1. The van der Waals surface area contributed by atoms with Crippen molar-refractivity contribution in [2.24, 2.45) is 11.7 Å². The number of carbonyl (C=O) groups is 1. The van der Waals surface area contributed by atoms with Crippen molar-refractivity contribution in [1.82, 2.24) is 4.98 Å². The van der Waals surface area contributed by atoms with Gasteiger partial charge in [0.25, 0.3) is 0 Å². The van der Waals surface area contributed by atoms with Gasteiger partial charge in [0.1, 0.15) is 5.75 Å². The number of nitrogens with zero attached hydrogens (tertiary/aromatic N) is 1. The van der Waals surface area contributed by atoms with Crippen LogP contribution in [0.25, 0.3) is 11.3 Å². The molecule has 0 spiro atoms. The van der Waals surface area contributed by atoms with Gasteiger partial charge >= 0.3 is 0 Å². The average molecular weight is 356 g/mol. The van der Waals surface area contributed by atoms with Crippen molar-refractivity contribution >= 4 is 34.8 Å². The van der Waals surface area contributed by atoms with Gasteiger partial charge in [-0.25, -0.2) is 4.98 Å². The fourth-order valence-corrected chi connectivity index (χ4v) is 2.65. The number of nitrogens with two attached hydrogens (primary N) is 1. The van der Waals surface area contributed by atoms with Crippen molar-refractivity contribution in [2.75, 3.05) is 12.4 Å². The SMILES string of the molecule is COc1ccc(C)cc1-c1csc(NC(=O)C(C)C(C)N)n1.Cl.